The maximum absolute atomic E-state index is 12.6. The lowest BCUT2D eigenvalue weighted by atomic mass is 10.1. The lowest BCUT2D eigenvalue weighted by Crippen LogP contribution is -2.35. The van der Waals surface area contributed by atoms with Crippen molar-refractivity contribution in [1.82, 2.24) is 9.62 Å². The van der Waals surface area contributed by atoms with E-state index in [2.05, 4.69) is 5.32 Å². The number of amides is 1. The van der Waals surface area contributed by atoms with Gasteiger partial charge < -0.3 is 10.1 Å². The second-order valence-electron chi connectivity index (χ2n) is 6.51. The Hall–Kier alpha value is -1.44. The van der Waals surface area contributed by atoms with Gasteiger partial charge >= 0.3 is 0 Å². The van der Waals surface area contributed by atoms with E-state index in [4.69, 9.17) is 4.74 Å². The number of aryl methyl sites for hydroxylation is 1. The Bertz CT molecular complexity index is 653. The lowest BCUT2D eigenvalue weighted by molar-refractivity contribution is -0.121. The average molecular weight is 383 g/mol. The van der Waals surface area contributed by atoms with Gasteiger partial charge in [0.05, 0.1) is 4.90 Å². The van der Waals surface area contributed by atoms with Gasteiger partial charge in [0, 0.05) is 39.3 Å². The highest BCUT2D eigenvalue weighted by Crippen LogP contribution is 2.21. The van der Waals surface area contributed by atoms with Gasteiger partial charge in [0.1, 0.15) is 0 Å². The van der Waals surface area contributed by atoms with E-state index in [1.54, 1.807) is 28.6 Å². The van der Waals surface area contributed by atoms with Crippen molar-refractivity contribution in [2.24, 2.45) is 0 Å². The van der Waals surface area contributed by atoms with Gasteiger partial charge in [-0.25, -0.2) is 8.42 Å². The molecule has 0 radical (unpaired) electrons. The van der Waals surface area contributed by atoms with Crippen LogP contribution in [0.4, 0.5) is 0 Å². The van der Waals surface area contributed by atoms with E-state index in [0.717, 1.165) is 31.2 Å². The molecule has 0 bridgehead atoms. The van der Waals surface area contributed by atoms with Crippen molar-refractivity contribution in [3.05, 3.63) is 29.8 Å². The highest BCUT2D eigenvalue weighted by Gasteiger charge is 2.25. The fraction of sp³-hybridized carbons (Fsp3) is 0.632. The number of carbonyl (C=O) groups is 1. The predicted molar refractivity (Wildman–Crippen MR) is 101 cm³/mol. The minimum absolute atomic E-state index is 0.00603. The van der Waals surface area contributed by atoms with Gasteiger partial charge in [-0.3, -0.25) is 4.79 Å². The average Bonchev–Trinajstić information content (AvgIpc) is 2.67. The number of sulfonamides is 1. The normalized spacial score (nSPS) is 15.7. The molecule has 0 saturated carbocycles. The Kier molecular flexibility index (Phi) is 8.54. The third-order valence-corrected chi connectivity index (χ3v) is 6.42. The van der Waals surface area contributed by atoms with Crippen LogP contribution in [0, 0.1) is 0 Å². The summed E-state index contributed by atoms with van der Waals surface area (Å²) >= 11 is 0. The van der Waals surface area contributed by atoms with Gasteiger partial charge in [-0.1, -0.05) is 18.6 Å². The molecular formula is C19H30N2O4S. The predicted octanol–water partition coefficient (Wildman–Crippen LogP) is 2.34. The highest BCUT2D eigenvalue weighted by atomic mass is 32.2. The Balaban J connectivity index is 1.79. The standard InChI is InChI=1S/C19H30N2O4S/c1-2-25-16-6-13-20-19(22)12-9-17-7-10-18(11-8-17)26(23,24)21-14-4-3-5-15-21/h7-8,10-11H,2-6,9,12-16H2,1H3,(H,20,22). The van der Waals surface area contributed by atoms with E-state index in [0.29, 0.717) is 50.6 Å². The molecule has 0 aromatic heterocycles. The zero-order valence-corrected chi connectivity index (χ0v) is 16.4. The topological polar surface area (TPSA) is 75.7 Å². The number of hydrogen-bond acceptors (Lipinski definition) is 4. The first-order chi connectivity index (χ1) is 12.5. The number of hydrogen-bond donors (Lipinski definition) is 1. The Labute approximate surface area is 157 Å². The van der Waals surface area contributed by atoms with Gasteiger partial charge in [0.25, 0.3) is 0 Å². The fourth-order valence-electron chi connectivity index (χ4n) is 2.98. The van der Waals surface area contributed by atoms with Crippen LogP contribution in [0.1, 0.15) is 44.6 Å². The maximum atomic E-state index is 12.6. The molecule has 1 fully saturated rings. The summed E-state index contributed by atoms with van der Waals surface area (Å²) in [4.78, 5) is 12.2. The number of piperidine rings is 1. The zero-order valence-electron chi connectivity index (χ0n) is 15.6. The van der Waals surface area contributed by atoms with E-state index in [9.17, 15) is 13.2 Å². The number of rotatable bonds is 10. The molecule has 1 aliphatic rings. The third-order valence-electron chi connectivity index (χ3n) is 4.51. The fourth-order valence-corrected chi connectivity index (χ4v) is 4.49. The van der Waals surface area contributed by atoms with Gasteiger partial charge in [0.2, 0.25) is 15.9 Å². The third kappa shape index (κ3) is 6.37. The summed E-state index contributed by atoms with van der Waals surface area (Å²) in [5.74, 6) is 0.00603. The summed E-state index contributed by atoms with van der Waals surface area (Å²) in [5.41, 5.74) is 0.965. The molecule has 1 aromatic rings. The van der Waals surface area contributed by atoms with Crippen LogP contribution in [-0.2, 0) is 26.0 Å². The van der Waals surface area contributed by atoms with Crippen LogP contribution in [0.3, 0.4) is 0 Å². The first kappa shape index (κ1) is 20.9. The van der Waals surface area contributed by atoms with Crippen molar-refractivity contribution in [3.63, 3.8) is 0 Å². The Morgan fingerprint density at radius 2 is 1.85 bits per heavy atom. The van der Waals surface area contributed by atoms with E-state index in [1.807, 2.05) is 6.92 Å². The van der Waals surface area contributed by atoms with Crippen LogP contribution in [-0.4, -0.2) is 51.5 Å². The van der Waals surface area contributed by atoms with Crippen molar-refractivity contribution >= 4 is 15.9 Å². The largest absolute Gasteiger partial charge is 0.382 e. The molecule has 26 heavy (non-hydrogen) atoms. The van der Waals surface area contributed by atoms with Crippen molar-refractivity contribution < 1.29 is 17.9 Å². The molecule has 2 rings (SSSR count). The number of benzene rings is 1. The zero-order chi connectivity index (χ0) is 18.8. The molecule has 1 aromatic carbocycles. The summed E-state index contributed by atoms with van der Waals surface area (Å²) < 4.78 is 32.0. The first-order valence-electron chi connectivity index (χ1n) is 9.47. The molecule has 0 aliphatic carbocycles. The van der Waals surface area contributed by atoms with E-state index < -0.39 is 10.0 Å². The molecule has 146 valence electrons. The van der Waals surface area contributed by atoms with Crippen molar-refractivity contribution in [2.75, 3.05) is 32.8 Å². The molecular weight excluding hydrogens is 352 g/mol. The van der Waals surface area contributed by atoms with Gasteiger partial charge in [0.15, 0.2) is 0 Å². The lowest BCUT2D eigenvalue weighted by Gasteiger charge is -2.25. The van der Waals surface area contributed by atoms with Crippen LogP contribution >= 0.6 is 0 Å². The highest BCUT2D eigenvalue weighted by molar-refractivity contribution is 7.89. The monoisotopic (exact) mass is 382 g/mol. The molecule has 0 atom stereocenters. The van der Waals surface area contributed by atoms with Crippen LogP contribution < -0.4 is 5.32 Å². The molecule has 0 spiro atoms. The Morgan fingerprint density at radius 1 is 1.15 bits per heavy atom. The second kappa shape index (κ2) is 10.6. The van der Waals surface area contributed by atoms with Crippen molar-refractivity contribution in [3.8, 4) is 0 Å². The van der Waals surface area contributed by atoms with Gasteiger partial charge in [-0.15, -0.1) is 0 Å². The molecule has 1 N–H and O–H groups in total. The Morgan fingerprint density at radius 3 is 2.50 bits per heavy atom. The van der Waals surface area contributed by atoms with Crippen LogP contribution in [0.25, 0.3) is 0 Å². The number of carbonyl (C=O) groups excluding carboxylic acids is 1. The molecule has 1 heterocycles. The van der Waals surface area contributed by atoms with Crippen LogP contribution in [0.5, 0.6) is 0 Å². The molecule has 7 heteroatoms. The molecule has 0 unspecified atom stereocenters. The number of ether oxygens (including phenoxy) is 1. The van der Waals surface area contributed by atoms with Crippen LogP contribution in [0.15, 0.2) is 29.2 Å². The number of nitrogens with zero attached hydrogens (tertiary/aromatic N) is 1. The maximum Gasteiger partial charge on any atom is 0.243 e. The van der Waals surface area contributed by atoms with E-state index in [-0.39, 0.29) is 5.91 Å². The molecule has 6 nitrogen and oxygen atoms in total. The minimum atomic E-state index is -3.39. The smallest absolute Gasteiger partial charge is 0.243 e. The van der Waals surface area contributed by atoms with Crippen molar-refractivity contribution in [2.45, 2.75) is 50.3 Å². The van der Waals surface area contributed by atoms with E-state index in [1.165, 1.54) is 0 Å². The summed E-state index contributed by atoms with van der Waals surface area (Å²) in [7, 11) is -3.39. The molecule has 1 saturated heterocycles. The second-order valence-corrected chi connectivity index (χ2v) is 8.45. The van der Waals surface area contributed by atoms with Gasteiger partial charge in [-0.05, 0) is 50.3 Å². The van der Waals surface area contributed by atoms with E-state index >= 15 is 0 Å². The quantitative estimate of drug-likeness (QED) is 0.630. The summed E-state index contributed by atoms with van der Waals surface area (Å²) in [5, 5.41) is 2.87. The first-order valence-corrected chi connectivity index (χ1v) is 10.9. The number of nitrogens with one attached hydrogen (secondary N) is 1. The summed E-state index contributed by atoms with van der Waals surface area (Å²) in [6, 6.07) is 6.91. The summed E-state index contributed by atoms with van der Waals surface area (Å²) in [6.45, 7) is 5.12. The molecule has 1 amide bonds. The van der Waals surface area contributed by atoms with Crippen molar-refractivity contribution in [1.29, 1.82) is 0 Å². The SMILES string of the molecule is CCOCCCNC(=O)CCc1ccc(S(=O)(=O)N2CCCCC2)cc1. The molecule has 1 aliphatic heterocycles. The summed E-state index contributed by atoms with van der Waals surface area (Å²) in [6.07, 6.45) is 4.75. The minimum Gasteiger partial charge on any atom is -0.382 e. The van der Waals surface area contributed by atoms with Crippen LogP contribution in [0.2, 0.25) is 0 Å². The van der Waals surface area contributed by atoms with Gasteiger partial charge in [-0.2, -0.15) is 4.31 Å².